The van der Waals surface area contributed by atoms with Crippen molar-refractivity contribution in [1.29, 1.82) is 0 Å². The molecule has 4 N–H and O–H groups in total. The molecule has 0 aliphatic carbocycles. The zero-order chi connectivity index (χ0) is 11.3. The number of hydrogen-bond donors (Lipinski definition) is 3. The van der Waals surface area contributed by atoms with Crippen molar-refractivity contribution in [3.05, 3.63) is 0 Å². The van der Waals surface area contributed by atoms with Crippen molar-refractivity contribution in [2.75, 3.05) is 6.54 Å². The molecular weight excluding hydrogens is 194 g/mol. The van der Waals surface area contributed by atoms with E-state index in [1.54, 1.807) is 0 Å². The number of hydrogen-bond acceptors (Lipinski definition) is 3. The lowest BCUT2D eigenvalue weighted by molar-refractivity contribution is -0.126. The SMILES string of the molecule is CCC[C@@H](N)C(=O)NC1CCC(=O)NC1. The van der Waals surface area contributed by atoms with Crippen LogP contribution in [0.4, 0.5) is 0 Å². The third-order valence-electron chi connectivity index (χ3n) is 2.55. The van der Waals surface area contributed by atoms with Crippen LogP contribution in [0.5, 0.6) is 0 Å². The number of nitrogens with one attached hydrogen (secondary N) is 2. The molecule has 5 nitrogen and oxygen atoms in total. The summed E-state index contributed by atoms with van der Waals surface area (Å²) in [6.45, 7) is 2.51. The van der Waals surface area contributed by atoms with Crippen LogP contribution in [-0.4, -0.2) is 30.4 Å². The first-order chi connectivity index (χ1) is 7.13. The summed E-state index contributed by atoms with van der Waals surface area (Å²) in [4.78, 5) is 22.4. The Bertz CT molecular complexity index is 233. The fourth-order valence-electron chi connectivity index (χ4n) is 1.61. The molecule has 0 aromatic rings. The minimum absolute atomic E-state index is 0.0399. The first kappa shape index (κ1) is 12.0. The average Bonchev–Trinajstić information content (AvgIpc) is 2.22. The lowest BCUT2D eigenvalue weighted by Gasteiger charge is -2.24. The summed E-state index contributed by atoms with van der Waals surface area (Å²) < 4.78 is 0. The largest absolute Gasteiger partial charge is 0.354 e. The first-order valence-electron chi connectivity index (χ1n) is 5.46. The molecule has 0 bridgehead atoms. The fraction of sp³-hybridized carbons (Fsp3) is 0.800. The van der Waals surface area contributed by atoms with Gasteiger partial charge in [-0.25, -0.2) is 0 Å². The maximum Gasteiger partial charge on any atom is 0.237 e. The Balaban J connectivity index is 2.28. The first-order valence-corrected chi connectivity index (χ1v) is 5.46. The summed E-state index contributed by atoms with van der Waals surface area (Å²) in [6.07, 6.45) is 2.78. The highest BCUT2D eigenvalue weighted by molar-refractivity contribution is 5.82. The number of piperidine rings is 1. The van der Waals surface area contributed by atoms with Crippen molar-refractivity contribution in [2.45, 2.75) is 44.7 Å². The van der Waals surface area contributed by atoms with E-state index in [1.165, 1.54) is 0 Å². The number of rotatable bonds is 4. The number of nitrogens with two attached hydrogens (primary N) is 1. The highest BCUT2D eigenvalue weighted by Crippen LogP contribution is 2.03. The molecule has 0 spiro atoms. The van der Waals surface area contributed by atoms with E-state index >= 15 is 0 Å². The molecule has 1 rings (SSSR count). The summed E-state index contributed by atoms with van der Waals surface area (Å²) in [5.74, 6) is -0.0589. The summed E-state index contributed by atoms with van der Waals surface area (Å²) >= 11 is 0. The molecule has 15 heavy (non-hydrogen) atoms. The minimum atomic E-state index is -0.423. The molecule has 1 heterocycles. The van der Waals surface area contributed by atoms with Gasteiger partial charge in [0, 0.05) is 19.0 Å². The van der Waals surface area contributed by atoms with E-state index in [9.17, 15) is 9.59 Å². The van der Waals surface area contributed by atoms with Crippen molar-refractivity contribution in [2.24, 2.45) is 5.73 Å². The van der Waals surface area contributed by atoms with Crippen LogP contribution in [0.15, 0.2) is 0 Å². The molecule has 1 unspecified atom stereocenters. The van der Waals surface area contributed by atoms with Gasteiger partial charge in [0.25, 0.3) is 0 Å². The van der Waals surface area contributed by atoms with E-state index < -0.39 is 6.04 Å². The average molecular weight is 213 g/mol. The smallest absolute Gasteiger partial charge is 0.237 e. The minimum Gasteiger partial charge on any atom is -0.354 e. The van der Waals surface area contributed by atoms with E-state index in [0.29, 0.717) is 25.8 Å². The molecule has 1 saturated heterocycles. The monoisotopic (exact) mass is 213 g/mol. The summed E-state index contributed by atoms with van der Waals surface area (Å²) in [5, 5.41) is 5.56. The molecule has 1 aliphatic heterocycles. The van der Waals surface area contributed by atoms with Gasteiger partial charge in [-0.3, -0.25) is 9.59 Å². The van der Waals surface area contributed by atoms with Crippen LogP contribution in [0.25, 0.3) is 0 Å². The molecule has 0 radical (unpaired) electrons. The van der Waals surface area contributed by atoms with Crippen molar-refractivity contribution in [3.8, 4) is 0 Å². The standard InChI is InChI=1S/C10H19N3O2/c1-2-3-8(11)10(15)13-7-4-5-9(14)12-6-7/h7-8H,2-6,11H2,1H3,(H,12,14)(H,13,15)/t7?,8-/m1/s1. The molecule has 1 aliphatic rings. The molecule has 0 aromatic carbocycles. The topological polar surface area (TPSA) is 84.2 Å². The maximum atomic E-state index is 11.5. The van der Waals surface area contributed by atoms with E-state index in [-0.39, 0.29) is 17.9 Å². The van der Waals surface area contributed by atoms with Gasteiger partial charge in [-0.15, -0.1) is 0 Å². The summed E-state index contributed by atoms with van der Waals surface area (Å²) in [6, 6.07) is -0.384. The van der Waals surface area contributed by atoms with Crippen molar-refractivity contribution < 1.29 is 9.59 Å². The van der Waals surface area contributed by atoms with Crippen molar-refractivity contribution in [1.82, 2.24) is 10.6 Å². The third kappa shape index (κ3) is 3.87. The third-order valence-corrected chi connectivity index (χ3v) is 2.55. The van der Waals surface area contributed by atoms with Crippen LogP contribution >= 0.6 is 0 Å². The predicted molar refractivity (Wildman–Crippen MR) is 57.1 cm³/mol. The van der Waals surface area contributed by atoms with Crippen LogP contribution in [-0.2, 0) is 9.59 Å². The highest BCUT2D eigenvalue weighted by atomic mass is 16.2. The molecule has 1 fully saturated rings. The van der Waals surface area contributed by atoms with Crippen LogP contribution in [0.1, 0.15) is 32.6 Å². The Morgan fingerprint density at radius 1 is 1.73 bits per heavy atom. The second-order valence-electron chi connectivity index (χ2n) is 3.94. The normalized spacial score (nSPS) is 23.1. The zero-order valence-corrected chi connectivity index (χ0v) is 9.08. The Morgan fingerprint density at radius 2 is 2.47 bits per heavy atom. The zero-order valence-electron chi connectivity index (χ0n) is 9.08. The van der Waals surface area contributed by atoms with E-state index in [1.807, 2.05) is 6.92 Å². The predicted octanol–water partition coefficient (Wildman–Crippen LogP) is -0.491. The Morgan fingerprint density at radius 3 is 3.00 bits per heavy atom. The quantitative estimate of drug-likeness (QED) is 0.589. The molecule has 5 heteroatoms. The van der Waals surface area contributed by atoms with Gasteiger partial charge in [0.2, 0.25) is 11.8 Å². The van der Waals surface area contributed by atoms with Gasteiger partial charge in [0.05, 0.1) is 6.04 Å². The second-order valence-corrected chi connectivity index (χ2v) is 3.94. The van der Waals surface area contributed by atoms with Gasteiger partial charge in [-0.1, -0.05) is 13.3 Å². The number of carbonyl (C=O) groups is 2. The van der Waals surface area contributed by atoms with Gasteiger partial charge >= 0.3 is 0 Å². The van der Waals surface area contributed by atoms with Crippen LogP contribution in [0.3, 0.4) is 0 Å². The van der Waals surface area contributed by atoms with Gasteiger partial charge in [-0.05, 0) is 12.8 Å². The van der Waals surface area contributed by atoms with Gasteiger partial charge in [0.1, 0.15) is 0 Å². The number of carbonyl (C=O) groups excluding carboxylic acids is 2. The molecular formula is C10H19N3O2. The van der Waals surface area contributed by atoms with Crippen molar-refractivity contribution >= 4 is 11.8 Å². The molecule has 2 atom stereocenters. The maximum absolute atomic E-state index is 11.5. The summed E-state index contributed by atoms with van der Waals surface area (Å²) in [7, 11) is 0. The Kier molecular flexibility index (Phi) is 4.55. The Hall–Kier alpha value is -1.10. The Labute approximate surface area is 89.8 Å². The molecule has 86 valence electrons. The molecule has 0 saturated carbocycles. The van der Waals surface area contributed by atoms with Crippen LogP contribution < -0.4 is 16.4 Å². The number of amides is 2. The highest BCUT2D eigenvalue weighted by Gasteiger charge is 2.21. The van der Waals surface area contributed by atoms with E-state index in [2.05, 4.69) is 10.6 Å². The second kappa shape index (κ2) is 5.70. The lowest BCUT2D eigenvalue weighted by atomic mass is 10.1. The van der Waals surface area contributed by atoms with E-state index in [0.717, 1.165) is 6.42 Å². The van der Waals surface area contributed by atoms with Crippen molar-refractivity contribution in [3.63, 3.8) is 0 Å². The fourth-order valence-corrected chi connectivity index (χ4v) is 1.61. The van der Waals surface area contributed by atoms with Gasteiger partial charge in [0.15, 0.2) is 0 Å². The lowest BCUT2D eigenvalue weighted by Crippen LogP contribution is -2.51. The van der Waals surface area contributed by atoms with Gasteiger partial charge < -0.3 is 16.4 Å². The summed E-state index contributed by atoms with van der Waals surface area (Å²) in [5.41, 5.74) is 5.67. The van der Waals surface area contributed by atoms with Gasteiger partial charge in [-0.2, -0.15) is 0 Å². The van der Waals surface area contributed by atoms with E-state index in [4.69, 9.17) is 5.73 Å². The molecule has 0 aromatic heterocycles. The van der Waals surface area contributed by atoms with Crippen LogP contribution in [0.2, 0.25) is 0 Å². The molecule has 2 amide bonds. The van der Waals surface area contributed by atoms with Crippen LogP contribution in [0, 0.1) is 0 Å².